The molecule has 1 aromatic rings. The van der Waals surface area contributed by atoms with Crippen molar-refractivity contribution in [2.75, 3.05) is 6.54 Å². The predicted octanol–water partition coefficient (Wildman–Crippen LogP) is 2.00. The molecule has 0 bridgehead atoms. The number of rotatable bonds is 2. The molecule has 5 nitrogen and oxygen atoms in total. The Balaban J connectivity index is 2.18. The number of thiazole rings is 1. The van der Waals surface area contributed by atoms with Crippen LogP contribution in [0.5, 0.6) is 0 Å². The standard InChI is InChI=1S/C12H16N2O3S/c15-11(9-7-18-8-13-9)14-6-4-2-1-3-5-10(14)12(16)17/h7-8,10H,1-6H2,(H,16,17). The summed E-state index contributed by atoms with van der Waals surface area (Å²) < 4.78 is 0. The van der Waals surface area contributed by atoms with Gasteiger partial charge in [0, 0.05) is 11.9 Å². The Hall–Kier alpha value is -1.43. The van der Waals surface area contributed by atoms with Gasteiger partial charge in [-0.05, 0) is 12.8 Å². The van der Waals surface area contributed by atoms with Gasteiger partial charge in [-0.2, -0.15) is 0 Å². The van der Waals surface area contributed by atoms with Crippen LogP contribution in [0.3, 0.4) is 0 Å². The Morgan fingerprint density at radius 3 is 2.78 bits per heavy atom. The molecule has 1 aliphatic rings. The van der Waals surface area contributed by atoms with Gasteiger partial charge < -0.3 is 10.0 Å². The number of carboxylic acids is 1. The topological polar surface area (TPSA) is 70.5 Å². The molecule has 2 heterocycles. The molecule has 6 heteroatoms. The molecule has 1 unspecified atom stereocenters. The third-order valence-corrected chi connectivity index (χ3v) is 3.79. The Morgan fingerprint density at radius 2 is 2.11 bits per heavy atom. The third-order valence-electron chi connectivity index (χ3n) is 3.20. The van der Waals surface area contributed by atoms with Crippen LogP contribution in [-0.2, 0) is 4.79 Å². The first-order chi connectivity index (χ1) is 8.70. The van der Waals surface area contributed by atoms with Gasteiger partial charge >= 0.3 is 5.97 Å². The normalized spacial score (nSPS) is 21.1. The number of aliphatic carboxylic acids is 1. The molecule has 1 aromatic heterocycles. The monoisotopic (exact) mass is 268 g/mol. The lowest BCUT2D eigenvalue weighted by Crippen LogP contribution is -2.46. The van der Waals surface area contributed by atoms with Gasteiger partial charge in [0.25, 0.3) is 5.91 Å². The van der Waals surface area contributed by atoms with E-state index in [1.165, 1.54) is 16.2 Å². The quantitative estimate of drug-likeness (QED) is 0.890. The number of amides is 1. The van der Waals surface area contributed by atoms with E-state index in [0.717, 1.165) is 25.7 Å². The fourth-order valence-electron chi connectivity index (χ4n) is 2.25. The SMILES string of the molecule is O=C(O)C1CCCCCCN1C(=O)c1cscn1. The van der Waals surface area contributed by atoms with Crippen molar-refractivity contribution in [3.63, 3.8) is 0 Å². The smallest absolute Gasteiger partial charge is 0.326 e. The second-order valence-corrected chi connectivity index (χ2v) is 5.15. The number of carboxylic acid groups (broad SMARTS) is 1. The van der Waals surface area contributed by atoms with Gasteiger partial charge in [-0.1, -0.05) is 19.3 Å². The fraction of sp³-hybridized carbons (Fsp3) is 0.583. The van der Waals surface area contributed by atoms with Crippen molar-refractivity contribution in [2.45, 2.75) is 38.1 Å². The minimum absolute atomic E-state index is 0.259. The van der Waals surface area contributed by atoms with Crippen molar-refractivity contribution < 1.29 is 14.7 Å². The molecule has 0 aromatic carbocycles. The maximum Gasteiger partial charge on any atom is 0.326 e. The first-order valence-electron chi connectivity index (χ1n) is 6.12. The van der Waals surface area contributed by atoms with E-state index in [1.54, 1.807) is 10.9 Å². The molecule has 1 aliphatic heterocycles. The maximum absolute atomic E-state index is 12.2. The van der Waals surface area contributed by atoms with E-state index in [-0.39, 0.29) is 5.91 Å². The van der Waals surface area contributed by atoms with Crippen molar-refractivity contribution in [2.24, 2.45) is 0 Å². The number of hydrogen-bond acceptors (Lipinski definition) is 4. The van der Waals surface area contributed by atoms with Crippen LogP contribution in [0, 0.1) is 0 Å². The minimum atomic E-state index is -0.916. The zero-order chi connectivity index (χ0) is 13.0. The van der Waals surface area contributed by atoms with Crippen LogP contribution in [-0.4, -0.2) is 39.5 Å². The highest BCUT2D eigenvalue weighted by molar-refractivity contribution is 7.07. The van der Waals surface area contributed by atoms with Crippen molar-refractivity contribution in [3.8, 4) is 0 Å². The number of carbonyl (C=O) groups excluding carboxylic acids is 1. The van der Waals surface area contributed by atoms with Crippen LogP contribution in [0.4, 0.5) is 0 Å². The van der Waals surface area contributed by atoms with Crippen LogP contribution >= 0.6 is 11.3 Å². The van der Waals surface area contributed by atoms with Gasteiger partial charge in [0.15, 0.2) is 0 Å². The van der Waals surface area contributed by atoms with Gasteiger partial charge in [-0.25, -0.2) is 9.78 Å². The maximum atomic E-state index is 12.2. The molecule has 1 N–H and O–H groups in total. The molecule has 0 saturated carbocycles. The summed E-state index contributed by atoms with van der Waals surface area (Å²) >= 11 is 1.34. The summed E-state index contributed by atoms with van der Waals surface area (Å²) in [5.41, 5.74) is 1.94. The van der Waals surface area contributed by atoms with E-state index >= 15 is 0 Å². The van der Waals surface area contributed by atoms with E-state index in [9.17, 15) is 14.7 Å². The first-order valence-corrected chi connectivity index (χ1v) is 7.06. The zero-order valence-corrected chi connectivity index (χ0v) is 10.9. The van der Waals surface area contributed by atoms with E-state index in [2.05, 4.69) is 4.98 Å². The predicted molar refractivity (Wildman–Crippen MR) is 67.7 cm³/mol. The molecule has 2 rings (SSSR count). The van der Waals surface area contributed by atoms with Crippen LogP contribution in [0.1, 0.15) is 42.6 Å². The van der Waals surface area contributed by atoms with Gasteiger partial charge in [-0.15, -0.1) is 11.3 Å². The Morgan fingerprint density at radius 1 is 1.33 bits per heavy atom. The van der Waals surface area contributed by atoms with Crippen LogP contribution in [0.2, 0.25) is 0 Å². The Bertz CT molecular complexity index is 419. The summed E-state index contributed by atoms with van der Waals surface area (Å²) in [5.74, 6) is -1.17. The minimum Gasteiger partial charge on any atom is -0.480 e. The lowest BCUT2D eigenvalue weighted by atomic mass is 10.0. The van der Waals surface area contributed by atoms with E-state index in [1.807, 2.05) is 0 Å². The summed E-state index contributed by atoms with van der Waals surface area (Å²) in [7, 11) is 0. The third kappa shape index (κ3) is 2.87. The summed E-state index contributed by atoms with van der Waals surface area (Å²) in [6.07, 6.45) is 4.35. The molecule has 1 fully saturated rings. The lowest BCUT2D eigenvalue weighted by Gasteiger charge is -2.30. The fourth-order valence-corrected chi connectivity index (χ4v) is 2.78. The number of hydrogen-bond donors (Lipinski definition) is 1. The number of carbonyl (C=O) groups is 2. The second-order valence-electron chi connectivity index (χ2n) is 4.43. The largest absolute Gasteiger partial charge is 0.480 e. The zero-order valence-electron chi connectivity index (χ0n) is 10.0. The summed E-state index contributed by atoms with van der Waals surface area (Å²) in [6.45, 7) is 0.507. The molecular weight excluding hydrogens is 252 g/mol. The second kappa shape index (κ2) is 5.95. The molecule has 18 heavy (non-hydrogen) atoms. The van der Waals surface area contributed by atoms with E-state index in [0.29, 0.717) is 18.7 Å². The average Bonchev–Trinajstić information content (AvgIpc) is 2.80. The van der Waals surface area contributed by atoms with Crippen LogP contribution < -0.4 is 0 Å². The highest BCUT2D eigenvalue weighted by Crippen LogP contribution is 2.19. The molecule has 0 spiro atoms. The molecule has 1 saturated heterocycles. The van der Waals surface area contributed by atoms with Crippen molar-refractivity contribution in [1.29, 1.82) is 0 Å². The Labute approximate surface area is 109 Å². The molecular formula is C12H16N2O3S. The number of aromatic nitrogens is 1. The van der Waals surface area contributed by atoms with Gasteiger partial charge in [-0.3, -0.25) is 4.79 Å². The van der Waals surface area contributed by atoms with E-state index in [4.69, 9.17) is 0 Å². The van der Waals surface area contributed by atoms with E-state index < -0.39 is 12.0 Å². The summed E-state index contributed by atoms with van der Waals surface area (Å²) in [6, 6.07) is -0.709. The summed E-state index contributed by atoms with van der Waals surface area (Å²) in [5, 5.41) is 10.9. The van der Waals surface area contributed by atoms with Gasteiger partial charge in [0.1, 0.15) is 11.7 Å². The average molecular weight is 268 g/mol. The van der Waals surface area contributed by atoms with Gasteiger partial charge in [0.2, 0.25) is 0 Å². The first kappa shape index (κ1) is 13.0. The molecule has 1 amide bonds. The van der Waals surface area contributed by atoms with Gasteiger partial charge in [0.05, 0.1) is 5.51 Å². The van der Waals surface area contributed by atoms with Crippen molar-refractivity contribution >= 4 is 23.2 Å². The molecule has 1 atom stereocenters. The van der Waals surface area contributed by atoms with Crippen LogP contribution in [0.15, 0.2) is 10.9 Å². The number of likely N-dealkylation sites (tertiary alicyclic amines) is 1. The molecule has 98 valence electrons. The van der Waals surface area contributed by atoms with Crippen LogP contribution in [0.25, 0.3) is 0 Å². The highest BCUT2D eigenvalue weighted by atomic mass is 32.1. The Kier molecular flexibility index (Phi) is 4.30. The molecule has 0 radical (unpaired) electrons. The molecule has 0 aliphatic carbocycles. The number of nitrogens with zero attached hydrogens (tertiary/aromatic N) is 2. The van der Waals surface area contributed by atoms with Crippen molar-refractivity contribution in [3.05, 3.63) is 16.6 Å². The lowest BCUT2D eigenvalue weighted by molar-refractivity contribution is -0.142. The highest BCUT2D eigenvalue weighted by Gasteiger charge is 2.31. The van der Waals surface area contributed by atoms with Crippen molar-refractivity contribution in [1.82, 2.24) is 9.88 Å². The summed E-state index contributed by atoms with van der Waals surface area (Å²) in [4.78, 5) is 29.0.